The van der Waals surface area contributed by atoms with Crippen molar-refractivity contribution in [2.24, 2.45) is 0 Å². The summed E-state index contributed by atoms with van der Waals surface area (Å²) >= 11 is 0. The minimum absolute atomic E-state index is 0.564. The third kappa shape index (κ3) is 3.73. The topological polar surface area (TPSA) is 48.3 Å². The van der Waals surface area contributed by atoms with Gasteiger partial charge in [-0.25, -0.2) is 0 Å². The van der Waals surface area contributed by atoms with E-state index in [0.29, 0.717) is 18.2 Å². The largest absolute Gasteiger partial charge is 0.492 e. The third-order valence-electron chi connectivity index (χ3n) is 3.11. The van der Waals surface area contributed by atoms with Crippen molar-refractivity contribution in [2.75, 3.05) is 32.8 Å². The maximum atomic E-state index is 8.70. The van der Waals surface area contributed by atoms with Crippen LogP contribution < -0.4 is 10.1 Å². The Morgan fingerprint density at radius 2 is 2.22 bits per heavy atom. The van der Waals surface area contributed by atoms with E-state index in [4.69, 9.17) is 10.00 Å². The molecule has 1 saturated heterocycles. The first-order chi connectivity index (χ1) is 8.78. The van der Waals surface area contributed by atoms with Crippen LogP contribution in [-0.4, -0.2) is 43.7 Å². The minimum Gasteiger partial charge on any atom is -0.492 e. The smallest absolute Gasteiger partial charge is 0.119 e. The monoisotopic (exact) mass is 245 g/mol. The van der Waals surface area contributed by atoms with Gasteiger partial charge in [-0.1, -0.05) is 0 Å². The van der Waals surface area contributed by atoms with E-state index in [1.807, 2.05) is 12.1 Å². The van der Waals surface area contributed by atoms with Gasteiger partial charge in [0.25, 0.3) is 0 Å². The van der Waals surface area contributed by atoms with E-state index in [9.17, 15) is 0 Å². The van der Waals surface area contributed by atoms with E-state index in [1.165, 1.54) is 0 Å². The van der Waals surface area contributed by atoms with Crippen molar-refractivity contribution in [1.82, 2.24) is 10.2 Å². The van der Waals surface area contributed by atoms with Gasteiger partial charge in [-0.15, -0.1) is 0 Å². The Kier molecular flexibility index (Phi) is 4.57. The highest BCUT2D eigenvalue weighted by atomic mass is 16.5. The number of piperazine rings is 1. The summed E-state index contributed by atoms with van der Waals surface area (Å²) in [7, 11) is 0. The maximum Gasteiger partial charge on any atom is 0.119 e. The Balaban J connectivity index is 1.72. The number of nitrogens with zero attached hydrogens (tertiary/aromatic N) is 2. The molecule has 0 radical (unpaired) electrons. The molecule has 1 aliphatic rings. The zero-order chi connectivity index (χ0) is 12.8. The van der Waals surface area contributed by atoms with Crippen LogP contribution in [-0.2, 0) is 0 Å². The Hall–Kier alpha value is -1.57. The maximum absolute atomic E-state index is 8.70. The molecule has 1 heterocycles. The van der Waals surface area contributed by atoms with Crippen molar-refractivity contribution in [3.63, 3.8) is 0 Å². The average Bonchev–Trinajstić information content (AvgIpc) is 2.40. The van der Waals surface area contributed by atoms with Crippen molar-refractivity contribution in [3.05, 3.63) is 29.8 Å². The molecule has 1 N–H and O–H groups in total. The number of rotatable bonds is 4. The molecule has 0 bridgehead atoms. The number of ether oxygens (including phenoxy) is 1. The summed E-state index contributed by atoms with van der Waals surface area (Å²) in [6.45, 7) is 7.06. The molecule has 1 fully saturated rings. The van der Waals surface area contributed by atoms with E-state index in [2.05, 4.69) is 23.2 Å². The van der Waals surface area contributed by atoms with Gasteiger partial charge < -0.3 is 10.1 Å². The van der Waals surface area contributed by atoms with E-state index < -0.39 is 0 Å². The molecule has 1 aromatic rings. The zero-order valence-corrected chi connectivity index (χ0v) is 10.7. The number of nitriles is 1. The van der Waals surface area contributed by atoms with Gasteiger partial charge in [-0.05, 0) is 31.2 Å². The number of benzene rings is 1. The summed E-state index contributed by atoms with van der Waals surface area (Å²) in [5, 5.41) is 12.1. The van der Waals surface area contributed by atoms with Crippen molar-refractivity contribution in [2.45, 2.75) is 13.0 Å². The molecule has 0 spiro atoms. The lowest BCUT2D eigenvalue weighted by molar-refractivity contribution is 0.170. The summed E-state index contributed by atoms with van der Waals surface area (Å²) in [6, 6.07) is 9.91. The van der Waals surface area contributed by atoms with Gasteiger partial charge in [0.15, 0.2) is 0 Å². The number of hydrogen-bond donors (Lipinski definition) is 1. The fourth-order valence-corrected chi connectivity index (χ4v) is 2.13. The van der Waals surface area contributed by atoms with Crippen LogP contribution in [0.5, 0.6) is 5.75 Å². The summed E-state index contributed by atoms with van der Waals surface area (Å²) in [6.07, 6.45) is 0. The molecule has 1 aromatic carbocycles. The van der Waals surface area contributed by atoms with E-state index in [-0.39, 0.29) is 0 Å². The van der Waals surface area contributed by atoms with Crippen LogP contribution >= 0.6 is 0 Å². The highest BCUT2D eigenvalue weighted by molar-refractivity contribution is 5.34. The van der Waals surface area contributed by atoms with E-state index in [1.54, 1.807) is 12.1 Å². The van der Waals surface area contributed by atoms with Gasteiger partial charge in [0.05, 0.1) is 11.6 Å². The molecule has 1 atom stereocenters. The first-order valence-electron chi connectivity index (χ1n) is 6.36. The predicted molar refractivity (Wildman–Crippen MR) is 70.6 cm³/mol. The second-order valence-electron chi connectivity index (χ2n) is 4.64. The van der Waals surface area contributed by atoms with Crippen LogP contribution in [0.2, 0.25) is 0 Å². The molecule has 0 unspecified atom stereocenters. The molecule has 4 nitrogen and oxygen atoms in total. The highest BCUT2D eigenvalue weighted by Gasteiger charge is 2.14. The van der Waals surface area contributed by atoms with Crippen molar-refractivity contribution >= 4 is 0 Å². The van der Waals surface area contributed by atoms with Crippen molar-refractivity contribution in [3.8, 4) is 11.8 Å². The van der Waals surface area contributed by atoms with Crippen LogP contribution in [0.1, 0.15) is 12.5 Å². The third-order valence-corrected chi connectivity index (χ3v) is 3.11. The second kappa shape index (κ2) is 6.39. The Bertz CT molecular complexity index is 410. The zero-order valence-electron chi connectivity index (χ0n) is 10.7. The Morgan fingerprint density at radius 1 is 1.44 bits per heavy atom. The lowest BCUT2D eigenvalue weighted by Gasteiger charge is -2.31. The molecular weight excluding hydrogens is 226 g/mol. The predicted octanol–water partition coefficient (Wildman–Crippen LogP) is 1.23. The van der Waals surface area contributed by atoms with Gasteiger partial charge in [-0.2, -0.15) is 5.26 Å². The molecule has 18 heavy (non-hydrogen) atoms. The molecule has 96 valence electrons. The van der Waals surface area contributed by atoms with E-state index >= 15 is 0 Å². The van der Waals surface area contributed by atoms with Crippen LogP contribution in [0.3, 0.4) is 0 Å². The SMILES string of the molecule is C[C@@H]1CN(CCOc2ccc(C#N)cc2)CCN1. The highest BCUT2D eigenvalue weighted by Crippen LogP contribution is 2.11. The second-order valence-corrected chi connectivity index (χ2v) is 4.64. The summed E-state index contributed by atoms with van der Waals surface area (Å²) in [5.74, 6) is 0.831. The van der Waals surface area contributed by atoms with Crippen LogP contribution in [0.25, 0.3) is 0 Å². The van der Waals surface area contributed by atoms with Crippen LogP contribution in [0.4, 0.5) is 0 Å². The van der Waals surface area contributed by atoms with Crippen molar-refractivity contribution in [1.29, 1.82) is 5.26 Å². The molecular formula is C14H19N3O. The summed E-state index contributed by atoms with van der Waals surface area (Å²) in [5.41, 5.74) is 0.665. The standard InChI is InChI=1S/C14H19N3O/c1-12-11-17(7-6-16-12)8-9-18-14-4-2-13(10-15)3-5-14/h2-5,12,16H,6-9,11H2,1H3/t12-/m1/s1. The van der Waals surface area contributed by atoms with Gasteiger partial charge >= 0.3 is 0 Å². The first-order valence-corrected chi connectivity index (χ1v) is 6.36. The minimum atomic E-state index is 0.564. The summed E-state index contributed by atoms with van der Waals surface area (Å²) < 4.78 is 5.67. The molecule has 1 aliphatic heterocycles. The van der Waals surface area contributed by atoms with Gasteiger partial charge in [0.2, 0.25) is 0 Å². The molecule has 0 aromatic heterocycles. The Labute approximate surface area is 108 Å². The summed E-state index contributed by atoms with van der Waals surface area (Å²) in [4.78, 5) is 2.41. The number of nitrogens with one attached hydrogen (secondary N) is 1. The lowest BCUT2D eigenvalue weighted by Crippen LogP contribution is -2.50. The molecule has 2 rings (SSSR count). The lowest BCUT2D eigenvalue weighted by atomic mass is 10.2. The average molecular weight is 245 g/mol. The Morgan fingerprint density at radius 3 is 2.89 bits per heavy atom. The first kappa shape index (κ1) is 12.9. The van der Waals surface area contributed by atoms with Crippen molar-refractivity contribution < 1.29 is 4.74 Å². The normalized spacial score (nSPS) is 20.3. The van der Waals surface area contributed by atoms with Crippen LogP contribution in [0.15, 0.2) is 24.3 Å². The van der Waals surface area contributed by atoms with Gasteiger partial charge in [0.1, 0.15) is 12.4 Å². The van der Waals surface area contributed by atoms with Gasteiger partial charge in [-0.3, -0.25) is 4.90 Å². The van der Waals surface area contributed by atoms with Crippen LogP contribution in [0, 0.1) is 11.3 Å². The molecule has 0 aliphatic carbocycles. The quantitative estimate of drug-likeness (QED) is 0.867. The molecule has 0 saturated carbocycles. The molecule has 0 amide bonds. The van der Waals surface area contributed by atoms with E-state index in [0.717, 1.165) is 31.9 Å². The van der Waals surface area contributed by atoms with Gasteiger partial charge in [0, 0.05) is 32.2 Å². The molecule has 4 heteroatoms. The fourth-order valence-electron chi connectivity index (χ4n) is 2.13. The number of hydrogen-bond acceptors (Lipinski definition) is 4. The fraction of sp³-hybridized carbons (Fsp3) is 0.500.